The average Bonchev–Trinajstić information content (AvgIpc) is 2.88. The summed E-state index contributed by atoms with van der Waals surface area (Å²) in [5.74, 6) is -0.904. The van der Waals surface area contributed by atoms with Crippen molar-refractivity contribution in [3.63, 3.8) is 0 Å². The van der Waals surface area contributed by atoms with Crippen molar-refractivity contribution >= 4 is 17.5 Å². The summed E-state index contributed by atoms with van der Waals surface area (Å²) in [6.07, 6.45) is 0.217. The molecule has 0 N–H and O–H groups in total. The van der Waals surface area contributed by atoms with Gasteiger partial charge in [-0.3, -0.25) is 9.59 Å². The van der Waals surface area contributed by atoms with Gasteiger partial charge in [0.1, 0.15) is 0 Å². The highest BCUT2D eigenvalue weighted by Crippen LogP contribution is 2.28. The number of nitrogens with zero attached hydrogens (tertiary/aromatic N) is 2. The number of methoxy groups -OCH3 is 1. The van der Waals surface area contributed by atoms with E-state index in [1.54, 1.807) is 15.9 Å². The van der Waals surface area contributed by atoms with Crippen molar-refractivity contribution in [2.45, 2.75) is 33.2 Å². The molecule has 126 valence electrons. The second-order valence-corrected chi connectivity index (χ2v) is 5.95. The molecule has 0 saturated carbocycles. The number of halogens is 1. The van der Waals surface area contributed by atoms with Gasteiger partial charge in [0.05, 0.1) is 13.0 Å². The van der Waals surface area contributed by atoms with Gasteiger partial charge in [-0.25, -0.2) is 4.39 Å². The largest absolute Gasteiger partial charge is 0.494 e. The van der Waals surface area contributed by atoms with Crippen LogP contribution in [0.5, 0.6) is 5.75 Å². The summed E-state index contributed by atoms with van der Waals surface area (Å²) in [6.45, 7) is 6.66. The van der Waals surface area contributed by atoms with Crippen LogP contribution >= 0.6 is 0 Å². The van der Waals surface area contributed by atoms with Crippen LogP contribution in [0.25, 0.3) is 0 Å². The number of benzene rings is 1. The molecule has 23 heavy (non-hydrogen) atoms. The highest BCUT2D eigenvalue weighted by Gasteiger charge is 2.37. The number of likely N-dealkylation sites (tertiary alicyclic amines) is 1. The maximum atomic E-state index is 14.0. The Morgan fingerprint density at radius 1 is 1.48 bits per heavy atom. The molecular weight excluding hydrogens is 299 g/mol. The first-order valence-electron chi connectivity index (χ1n) is 7.83. The average molecular weight is 322 g/mol. The zero-order valence-corrected chi connectivity index (χ0v) is 14.0. The van der Waals surface area contributed by atoms with Crippen LogP contribution in [0.1, 0.15) is 27.2 Å². The molecule has 0 spiro atoms. The third-order valence-corrected chi connectivity index (χ3v) is 4.11. The number of carbonyl (C=O) groups is 2. The van der Waals surface area contributed by atoms with Crippen LogP contribution in [0.2, 0.25) is 0 Å². The lowest BCUT2D eigenvalue weighted by Gasteiger charge is -2.29. The number of amides is 2. The summed E-state index contributed by atoms with van der Waals surface area (Å²) < 4.78 is 18.9. The van der Waals surface area contributed by atoms with E-state index < -0.39 is 5.82 Å². The van der Waals surface area contributed by atoms with Gasteiger partial charge in [-0.15, -0.1) is 0 Å². The first-order chi connectivity index (χ1) is 10.9. The van der Waals surface area contributed by atoms with Gasteiger partial charge in [0.15, 0.2) is 11.6 Å². The minimum atomic E-state index is -0.513. The fourth-order valence-electron chi connectivity index (χ4n) is 2.92. The van der Waals surface area contributed by atoms with Crippen molar-refractivity contribution in [1.82, 2.24) is 4.90 Å². The number of rotatable bonds is 5. The van der Waals surface area contributed by atoms with E-state index in [1.807, 2.05) is 20.8 Å². The number of ether oxygens (including phenoxy) is 1. The van der Waals surface area contributed by atoms with Gasteiger partial charge in [-0.2, -0.15) is 0 Å². The molecular formula is C17H23FN2O3. The summed E-state index contributed by atoms with van der Waals surface area (Å²) in [5, 5.41) is 0. The normalized spacial score (nSPS) is 17.7. The number of hydrogen-bond donors (Lipinski definition) is 0. The monoisotopic (exact) mass is 322 g/mol. The number of anilines is 1. The summed E-state index contributed by atoms with van der Waals surface area (Å²) in [7, 11) is 1.40. The highest BCUT2D eigenvalue weighted by molar-refractivity contribution is 5.99. The van der Waals surface area contributed by atoms with Gasteiger partial charge in [-0.05, 0) is 32.9 Å². The van der Waals surface area contributed by atoms with Crippen molar-refractivity contribution < 1.29 is 18.7 Å². The van der Waals surface area contributed by atoms with Gasteiger partial charge in [0.25, 0.3) is 0 Å². The van der Waals surface area contributed by atoms with E-state index in [1.165, 1.54) is 19.2 Å². The molecule has 0 bridgehead atoms. The standard InChI is InChI=1S/C17H23FN2O3/c1-5-19-10-12(8-16(19)21)17(22)20(11(2)3)13-6-7-15(23-4)14(18)9-13/h6-7,9,11-12H,5,8,10H2,1-4H3. The highest BCUT2D eigenvalue weighted by atomic mass is 19.1. The molecule has 2 rings (SSSR count). The zero-order valence-electron chi connectivity index (χ0n) is 14.0. The lowest BCUT2D eigenvalue weighted by Crippen LogP contribution is -2.42. The molecule has 1 aliphatic rings. The SMILES string of the molecule is CCN1CC(C(=O)N(c2ccc(OC)c(F)c2)C(C)C)CC1=O. The van der Waals surface area contributed by atoms with E-state index in [-0.39, 0.29) is 35.9 Å². The molecule has 5 nitrogen and oxygen atoms in total. The quantitative estimate of drug-likeness (QED) is 0.836. The van der Waals surface area contributed by atoms with E-state index in [0.717, 1.165) is 0 Å². The second kappa shape index (κ2) is 6.98. The van der Waals surface area contributed by atoms with E-state index in [0.29, 0.717) is 18.8 Å². The molecule has 0 aliphatic carbocycles. The Kier molecular flexibility index (Phi) is 5.23. The molecule has 6 heteroatoms. The van der Waals surface area contributed by atoms with Crippen LogP contribution < -0.4 is 9.64 Å². The smallest absolute Gasteiger partial charge is 0.232 e. The topological polar surface area (TPSA) is 49.9 Å². The third kappa shape index (κ3) is 3.46. The summed E-state index contributed by atoms with van der Waals surface area (Å²) in [6, 6.07) is 4.33. The number of hydrogen-bond acceptors (Lipinski definition) is 3. The predicted octanol–water partition coefficient (Wildman–Crippen LogP) is 2.44. The van der Waals surface area contributed by atoms with Gasteiger partial charge < -0.3 is 14.5 Å². The molecule has 0 radical (unpaired) electrons. The van der Waals surface area contributed by atoms with Crippen LogP contribution in [0, 0.1) is 11.7 Å². The van der Waals surface area contributed by atoms with E-state index in [9.17, 15) is 14.0 Å². The zero-order chi connectivity index (χ0) is 17.1. The Balaban J connectivity index is 2.27. The Hall–Kier alpha value is -2.11. The Labute approximate surface area is 136 Å². The van der Waals surface area contributed by atoms with Gasteiger partial charge >= 0.3 is 0 Å². The molecule has 1 unspecified atom stereocenters. The van der Waals surface area contributed by atoms with Crippen molar-refractivity contribution in [1.29, 1.82) is 0 Å². The Morgan fingerprint density at radius 3 is 2.65 bits per heavy atom. The van der Waals surface area contributed by atoms with Gasteiger partial charge in [0, 0.05) is 37.3 Å². The van der Waals surface area contributed by atoms with Gasteiger partial charge in [0.2, 0.25) is 11.8 Å². The van der Waals surface area contributed by atoms with Crippen LogP contribution in [0.3, 0.4) is 0 Å². The van der Waals surface area contributed by atoms with Crippen molar-refractivity contribution in [2.24, 2.45) is 5.92 Å². The molecule has 1 heterocycles. The van der Waals surface area contributed by atoms with Crippen molar-refractivity contribution in [3.8, 4) is 5.75 Å². The van der Waals surface area contributed by atoms with E-state index in [2.05, 4.69) is 0 Å². The van der Waals surface area contributed by atoms with E-state index in [4.69, 9.17) is 4.74 Å². The minimum absolute atomic E-state index is 0.00420. The third-order valence-electron chi connectivity index (χ3n) is 4.11. The maximum absolute atomic E-state index is 14.0. The molecule has 1 aromatic rings. The van der Waals surface area contributed by atoms with Gasteiger partial charge in [-0.1, -0.05) is 0 Å². The molecule has 1 atom stereocenters. The Morgan fingerprint density at radius 2 is 2.17 bits per heavy atom. The van der Waals surface area contributed by atoms with Crippen molar-refractivity contribution in [2.75, 3.05) is 25.1 Å². The first-order valence-corrected chi connectivity index (χ1v) is 7.83. The van der Waals surface area contributed by atoms with Crippen LogP contribution in [-0.2, 0) is 9.59 Å². The predicted molar refractivity (Wildman–Crippen MR) is 85.9 cm³/mol. The number of carbonyl (C=O) groups excluding carboxylic acids is 2. The fourth-order valence-corrected chi connectivity index (χ4v) is 2.92. The molecule has 0 aromatic heterocycles. The van der Waals surface area contributed by atoms with Crippen LogP contribution in [-0.4, -0.2) is 43.0 Å². The Bertz CT molecular complexity index is 604. The first kappa shape index (κ1) is 17.2. The summed E-state index contributed by atoms with van der Waals surface area (Å²) in [5.41, 5.74) is 0.477. The minimum Gasteiger partial charge on any atom is -0.494 e. The fraction of sp³-hybridized carbons (Fsp3) is 0.529. The summed E-state index contributed by atoms with van der Waals surface area (Å²) in [4.78, 5) is 28.0. The lowest BCUT2D eigenvalue weighted by molar-refractivity contribution is -0.128. The van der Waals surface area contributed by atoms with Crippen LogP contribution in [0.4, 0.5) is 10.1 Å². The maximum Gasteiger partial charge on any atom is 0.232 e. The van der Waals surface area contributed by atoms with Crippen LogP contribution in [0.15, 0.2) is 18.2 Å². The molecule has 1 aromatic carbocycles. The molecule has 1 fully saturated rings. The molecule has 1 aliphatic heterocycles. The molecule has 1 saturated heterocycles. The van der Waals surface area contributed by atoms with E-state index >= 15 is 0 Å². The molecule has 2 amide bonds. The van der Waals surface area contributed by atoms with Crippen molar-refractivity contribution in [3.05, 3.63) is 24.0 Å². The second-order valence-electron chi connectivity index (χ2n) is 5.95. The lowest BCUT2D eigenvalue weighted by atomic mass is 10.1. The summed E-state index contributed by atoms with van der Waals surface area (Å²) >= 11 is 0.